The SMILES string of the molecule is CC(Cn1nc(-c2ccco2)ccc1=O)C(=O)Nc1ccc(-c2cn3ccsc3n2)cc1. The van der Waals surface area contributed by atoms with Crippen LogP contribution < -0.4 is 10.9 Å². The Morgan fingerprint density at radius 2 is 2.00 bits per heavy atom. The second-order valence-corrected chi connectivity index (χ2v) is 8.28. The van der Waals surface area contributed by atoms with E-state index < -0.39 is 5.92 Å². The largest absolute Gasteiger partial charge is 0.463 e. The zero-order chi connectivity index (χ0) is 22.1. The number of hydrogen-bond acceptors (Lipinski definition) is 6. The first-order valence-electron chi connectivity index (χ1n) is 10.0. The van der Waals surface area contributed by atoms with Crippen LogP contribution in [0.2, 0.25) is 0 Å². The summed E-state index contributed by atoms with van der Waals surface area (Å²) in [7, 11) is 0. The maximum Gasteiger partial charge on any atom is 0.266 e. The molecule has 32 heavy (non-hydrogen) atoms. The Kier molecular flexibility index (Phi) is 5.16. The lowest BCUT2D eigenvalue weighted by atomic mass is 10.1. The molecule has 8 nitrogen and oxygen atoms in total. The lowest BCUT2D eigenvalue weighted by molar-refractivity contribution is -0.119. The fraction of sp³-hybridized carbons (Fsp3) is 0.130. The molecule has 0 radical (unpaired) electrons. The maximum atomic E-state index is 12.7. The summed E-state index contributed by atoms with van der Waals surface area (Å²) in [6.07, 6.45) is 5.49. The molecule has 1 N–H and O–H groups in total. The number of thiazole rings is 1. The molecule has 0 fully saturated rings. The van der Waals surface area contributed by atoms with Gasteiger partial charge in [-0.1, -0.05) is 19.1 Å². The lowest BCUT2D eigenvalue weighted by Crippen LogP contribution is -2.31. The van der Waals surface area contributed by atoms with Crippen molar-refractivity contribution in [2.45, 2.75) is 13.5 Å². The summed E-state index contributed by atoms with van der Waals surface area (Å²) < 4.78 is 8.61. The van der Waals surface area contributed by atoms with Gasteiger partial charge in [-0.2, -0.15) is 5.10 Å². The number of carbonyl (C=O) groups excluding carboxylic acids is 1. The second-order valence-electron chi connectivity index (χ2n) is 7.40. The van der Waals surface area contributed by atoms with Gasteiger partial charge in [-0.05, 0) is 30.3 Å². The summed E-state index contributed by atoms with van der Waals surface area (Å²) in [5.41, 5.74) is 2.79. The van der Waals surface area contributed by atoms with Crippen LogP contribution >= 0.6 is 11.3 Å². The van der Waals surface area contributed by atoms with E-state index in [1.165, 1.54) is 10.7 Å². The standard InChI is InChI=1S/C23H19N5O3S/c1-15(13-28-21(29)9-8-18(26-28)20-3-2-11-31-20)22(30)24-17-6-4-16(5-7-17)19-14-27-10-12-32-23(27)25-19/h2-12,14-15H,13H2,1H3,(H,24,30). The van der Waals surface area contributed by atoms with Crippen molar-refractivity contribution in [3.05, 3.63) is 82.9 Å². The van der Waals surface area contributed by atoms with Crippen molar-refractivity contribution in [2.24, 2.45) is 5.92 Å². The van der Waals surface area contributed by atoms with E-state index in [9.17, 15) is 9.59 Å². The number of aromatic nitrogens is 4. The van der Waals surface area contributed by atoms with E-state index in [1.54, 1.807) is 42.7 Å². The molecule has 0 bridgehead atoms. The van der Waals surface area contributed by atoms with Crippen LogP contribution in [0.15, 0.2) is 81.8 Å². The third kappa shape index (κ3) is 3.97. The molecule has 4 heterocycles. The van der Waals surface area contributed by atoms with E-state index in [4.69, 9.17) is 4.42 Å². The summed E-state index contributed by atoms with van der Waals surface area (Å²) in [4.78, 5) is 30.4. The fourth-order valence-corrected chi connectivity index (χ4v) is 4.03. The highest BCUT2D eigenvalue weighted by molar-refractivity contribution is 7.15. The molecule has 4 aromatic heterocycles. The number of hydrogen-bond donors (Lipinski definition) is 1. The van der Waals surface area contributed by atoms with Crippen LogP contribution in [0.3, 0.4) is 0 Å². The van der Waals surface area contributed by atoms with Crippen LogP contribution in [0.25, 0.3) is 27.7 Å². The Hall–Kier alpha value is -3.98. The summed E-state index contributed by atoms with van der Waals surface area (Å²) in [6.45, 7) is 1.91. The topological polar surface area (TPSA) is 94.4 Å². The van der Waals surface area contributed by atoms with Crippen LogP contribution in [0.1, 0.15) is 6.92 Å². The minimum atomic E-state index is -0.466. The molecule has 1 aromatic carbocycles. The molecule has 0 aliphatic rings. The molecule has 5 aromatic rings. The fourth-order valence-electron chi connectivity index (χ4n) is 3.33. The molecule has 9 heteroatoms. The van der Waals surface area contributed by atoms with Gasteiger partial charge in [-0.3, -0.25) is 14.0 Å². The first-order chi connectivity index (χ1) is 15.6. The average molecular weight is 446 g/mol. The summed E-state index contributed by atoms with van der Waals surface area (Å²) in [5, 5.41) is 9.21. The monoisotopic (exact) mass is 445 g/mol. The van der Waals surface area contributed by atoms with Gasteiger partial charge in [0.25, 0.3) is 5.56 Å². The van der Waals surface area contributed by atoms with Crippen LogP contribution in [-0.4, -0.2) is 25.1 Å². The van der Waals surface area contributed by atoms with Gasteiger partial charge in [0.2, 0.25) is 5.91 Å². The molecule has 160 valence electrons. The van der Waals surface area contributed by atoms with Gasteiger partial charge in [-0.25, -0.2) is 9.67 Å². The first kappa shape index (κ1) is 20.0. The van der Waals surface area contributed by atoms with E-state index in [0.717, 1.165) is 16.2 Å². The predicted molar refractivity (Wildman–Crippen MR) is 122 cm³/mol. The summed E-state index contributed by atoms with van der Waals surface area (Å²) >= 11 is 1.58. The molecule has 1 unspecified atom stereocenters. The molecule has 5 rings (SSSR count). The van der Waals surface area contributed by atoms with Crippen molar-refractivity contribution in [2.75, 3.05) is 5.32 Å². The molecular weight excluding hydrogens is 426 g/mol. The number of nitrogens with one attached hydrogen (secondary N) is 1. The van der Waals surface area contributed by atoms with Crippen molar-refractivity contribution in [3.63, 3.8) is 0 Å². The van der Waals surface area contributed by atoms with Crippen molar-refractivity contribution in [1.29, 1.82) is 0 Å². The second kappa shape index (κ2) is 8.27. The number of benzene rings is 1. The minimum absolute atomic E-state index is 0.155. The average Bonchev–Trinajstić information content (AvgIpc) is 3.54. The van der Waals surface area contributed by atoms with Crippen LogP contribution in [-0.2, 0) is 11.3 Å². The van der Waals surface area contributed by atoms with Crippen molar-refractivity contribution < 1.29 is 9.21 Å². The quantitative estimate of drug-likeness (QED) is 0.424. The van der Waals surface area contributed by atoms with Crippen molar-refractivity contribution >= 4 is 27.9 Å². The van der Waals surface area contributed by atoms with Gasteiger partial charge < -0.3 is 9.73 Å². The number of rotatable bonds is 6. The maximum absolute atomic E-state index is 12.7. The zero-order valence-corrected chi connectivity index (χ0v) is 18.0. The smallest absolute Gasteiger partial charge is 0.266 e. The molecule has 0 aliphatic heterocycles. The molecule has 0 spiro atoms. The molecule has 1 atom stereocenters. The molecule has 0 saturated carbocycles. The molecule has 0 saturated heterocycles. The number of anilines is 1. The van der Waals surface area contributed by atoms with E-state index in [2.05, 4.69) is 15.4 Å². The number of imidazole rings is 1. The van der Waals surface area contributed by atoms with Gasteiger partial charge in [0.1, 0.15) is 5.69 Å². The number of carbonyl (C=O) groups is 1. The van der Waals surface area contributed by atoms with Crippen molar-refractivity contribution in [1.82, 2.24) is 19.2 Å². The Morgan fingerprint density at radius 1 is 1.16 bits per heavy atom. The van der Waals surface area contributed by atoms with Gasteiger partial charge in [0, 0.05) is 35.1 Å². The van der Waals surface area contributed by atoms with Crippen LogP contribution in [0, 0.1) is 5.92 Å². The van der Waals surface area contributed by atoms with E-state index in [0.29, 0.717) is 17.1 Å². The van der Waals surface area contributed by atoms with Gasteiger partial charge in [0.05, 0.1) is 24.4 Å². The van der Waals surface area contributed by atoms with Gasteiger partial charge in [0.15, 0.2) is 10.7 Å². The Morgan fingerprint density at radius 3 is 2.75 bits per heavy atom. The van der Waals surface area contributed by atoms with E-state index in [1.807, 2.05) is 46.4 Å². The predicted octanol–water partition coefficient (Wildman–Crippen LogP) is 4.15. The van der Waals surface area contributed by atoms with Crippen molar-refractivity contribution in [3.8, 4) is 22.7 Å². The number of nitrogens with zero attached hydrogens (tertiary/aromatic N) is 4. The Bertz CT molecular complexity index is 1400. The van der Waals surface area contributed by atoms with E-state index >= 15 is 0 Å². The molecular formula is C23H19N5O3S. The highest BCUT2D eigenvalue weighted by Crippen LogP contribution is 2.23. The minimum Gasteiger partial charge on any atom is -0.463 e. The van der Waals surface area contributed by atoms with Crippen LogP contribution in [0.5, 0.6) is 0 Å². The third-order valence-corrected chi connectivity index (χ3v) is 5.85. The highest BCUT2D eigenvalue weighted by Gasteiger charge is 2.16. The van der Waals surface area contributed by atoms with Gasteiger partial charge >= 0.3 is 0 Å². The van der Waals surface area contributed by atoms with E-state index in [-0.39, 0.29) is 18.0 Å². The number of amides is 1. The highest BCUT2D eigenvalue weighted by atomic mass is 32.1. The lowest BCUT2D eigenvalue weighted by Gasteiger charge is -2.14. The third-order valence-electron chi connectivity index (χ3n) is 5.08. The zero-order valence-electron chi connectivity index (χ0n) is 17.1. The van der Waals surface area contributed by atoms with Gasteiger partial charge in [-0.15, -0.1) is 11.3 Å². The first-order valence-corrected chi connectivity index (χ1v) is 10.9. The molecule has 1 amide bonds. The Balaban J connectivity index is 1.26. The van der Waals surface area contributed by atoms with Crippen LogP contribution in [0.4, 0.5) is 5.69 Å². The summed E-state index contributed by atoms with van der Waals surface area (Å²) in [6, 6.07) is 14.1. The number of furan rings is 1. The Labute approximate surface area is 186 Å². The normalized spacial score (nSPS) is 12.2. The summed E-state index contributed by atoms with van der Waals surface area (Å²) in [5.74, 6) is -0.0995. The number of fused-ring (bicyclic) bond motifs is 1. The molecule has 0 aliphatic carbocycles.